The van der Waals surface area contributed by atoms with Crippen LogP contribution in [0.1, 0.15) is 16.8 Å². The molecule has 0 fully saturated rings. The molecule has 3 aromatic carbocycles. The van der Waals surface area contributed by atoms with Gasteiger partial charge in [-0.3, -0.25) is 14.9 Å². The zero-order valence-corrected chi connectivity index (χ0v) is 17.4. The quantitative estimate of drug-likeness (QED) is 0.241. The Kier molecular flexibility index (Phi) is 6.35. The predicted molar refractivity (Wildman–Crippen MR) is 121 cm³/mol. The molecule has 0 radical (unpaired) electrons. The van der Waals surface area contributed by atoms with Gasteiger partial charge in [-0.25, -0.2) is 14.3 Å². The standard InChI is InChI=1S/C23H17FN6O4/c24-17-7-2-1-6-16(17)13-8-9-18(26-23(33)34)19(11-13)25-21(32)12-20(31)14-4-3-5-15(10-14)22-27-29-30-28-22/h1-11,26H,12H2,(H,25,32)(H,33,34)(H,27,28,29,30). The molecule has 0 aliphatic rings. The van der Waals surface area contributed by atoms with Crippen LogP contribution < -0.4 is 10.6 Å². The Balaban J connectivity index is 1.55. The fourth-order valence-corrected chi connectivity index (χ4v) is 3.30. The molecule has 0 atom stereocenters. The summed E-state index contributed by atoms with van der Waals surface area (Å²) in [6.45, 7) is 0. The van der Waals surface area contributed by atoms with Gasteiger partial charge in [-0.05, 0) is 40.3 Å². The van der Waals surface area contributed by atoms with E-state index in [4.69, 9.17) is 5.11 Å². The lowest BCUT2D eigenvalue weighted by Crippen LogP contribution is -2.18. The van der Waals surface area contributed by atoms with Crippen molar-refractivity contribution in [1.82, 2.24) is 20.6 Å². The van der Waals surface area contributed by atoms with Crippen molar-refractivity contribution in [1.29, 1.82) is 0 Å². The van der Waals surface area contributed by atoms with E-state index in [9.17, 15) is 18.8 Å². The normalized spacial score (nSPS) is 10.5. The van der Waals surface area contributed by atoms with Crippen molar-refractivity contribution in [3.8, 4) is 22.5 Å². The van der Waals surface area contributed by atoms with Crippen molar-refractivity contribution in [2.24, 2.45) is 0 Å². The number of ketones is 1. The summed E-state index contributed by atoms with van der Waals surface area (Å²) in [4.78, 5) is 36.5. The predicted octanol–water partition coefficient (Wildman–Crippen LogP) is 3.97. The van der Waals surface area contributed by atoms with Crippen LogP contribution in [0.25, 0.3) is 22.5 Å². The van der Waals surface area contributed by atoms with Crippen molar-refractivity contribution in [2.45, 2.75) is 6.42 Å². The Bertz CT molecular complexity index is 1370. The van der Waals surface area contributed by atoms with Crippen molar-refractivity contribution in [3.63, 3.8) is 0 Å². The molecule has 10 nitrogen and oxygen atoms in total. The zero-order valence-electron chi connectivity index (χ0n) is 17.4. The summed E-state index contributed by atoms with van der Waals surface area (Å²) in [6, 6.07) is 16.9. The van der Waals surface area contributed by atoms with Gasteiger partial charge < -0.3 is 10.4 Å². The molecule has 4 aromatic rings. The zero-order chi connectivity index (χ0) is 24.1. The minimum absolute atomic E-state index is 0.0770. The molecule has 11 heteroatoms. The van der Waals surface area contributed by atoms with Crippen LogP contribution in [0.15, 0.2) is 66.7 Å². The second-order valence-corrected chi connectivity index (χ2v) is 7.15. The number of halogens is 1. The maximum Gasteiger partial charge on any atom is 0.409 e. The van der Waals surface area contributed by atoms with Crippen LogP contribution in [-0.4, -0.2) is 43.5 Å². The number of carbonyl (C=O) groups excluding carboxylic acids is 2. The monoisotopic (exact) mass is 460 g/mol. The van der Waals surface area contributed by atoms with Crippen molar-refractivity contribution in [3.05, 3.63) is 78.1 Å². The second-order valence-electron chi connectivity index (χ2n) is 7.15. The van der Waals surface area contributed by atoms with Gasteiger partial charge in [0.05, 0.1) is 17.8 Å². The number of benzene rings is 3. The van der Waals surface area contributed by atoms with E-state index >= 15 is 0 Å². The van der Waals surface area contributed by atoms with Crippen LogP contribution in [0.5, 0.6) is 0 Å². The largest absolute Gasteiger partial charge is 0.465 e. The van der Waals surface area contributed by atoms with E-state index < -0.39 is 30.0 Å². The number of anilines is 2. The van der Waals surface area contributed by atoms with Crippen LogP contribution in [0, 0.1) is 5.82 Å². The van der Waals surface area contributed by atoms with E-state index in [0.29, 0.717) is 17.0 Å². The Morgan fingerprint density at radius 3 is 2.47 bits per heavy atom. The number of hydrogen-bond acceptors (Lipinski definition) is 6. The van der Waals surface area contributed by atoms with Crippen molar-refractivity contribution >= 4 is 29.2 Å². The van der Waals surface area contributed by atoms with Crippen LogP contribution >= 0.6 is 0 Å². The average molecular weight is 460 g/mol. The van der Waals surface area contributed by atoms with E-state index in [1.807, 2.05) is 0 Å². The van der Waals surface area contributed by atoms with Gasteiger partial charge in [-0.2, -0.15) is 0 Å². The molecule has 0 unspecified atom stereocenters. The number of hydrogen-bond donors (Lipinski definition) is 4. The maximum absolute atomic E-state index is 14.2. The first-order valence-corrected chi connectivity index (χ1v) is 9.97. The van der Waals surface area contributed by atoms with Gasteiger partial charge in [0.15, 0.2) is 11.6 Å². The fraction of sp³-hybridized carbons (Fsp3) is 0.0435. The van der Waals surface area contributed by atoms with Crippen molar-refractivity contribution < 1.29 is 23.9 Å². The minimum Gasteiger partial charge on any atom is -0.465 e. The summed E-state index contributed by atoms with van der Waals surface area (Å²) >= 11 is 0. The highest BCUT2D eigenvalue weighted by atomic mass is 19.1. The summed E-state index contributed by atoms with van der Waals surface area (Å²) in [5.74, 6) is -1.25. The minimum atomic E-state index is -1.34. The van der Waals surface area contributed by atoms with Gasteiger partial charge in [-0.1, -0.05) is 42.5 Å². The van der Waals surface area contributed by atoms with E-state index in [-0.39, 0.29) is 22.5 Å². The van der Waals surface area contributed by atoms with Crippen LogP contribution in [0.4, 0.5) is 20.6 Å². The van der Waals surface area contributed by atoms with E-state index in [0.717, 1.165) is 0 Å². The number of carbonyl (C=O) groups is 3. The number of nitrogens with one attached hydrogen (secondary N) is 3. The third-order valence-corrected chi connectivity index (χ3v) is 4.84. The van der Waals surface area contributed by atoms with Gasteiger partial charge in [0, 0.05) is 16.7 Å². The van der Waals surface area contributed by atoms with Gasteiger partial charge in [-0.15, -0.1) is 5.10 Å². The average Bonchev–Trinajstić information content (AvgIpc) is 3.35. The van der Waals surface area contributed by atoms with Gasteiger partial charge in [0.25, 0.3) is 0 Å². The van der Waals surface area contributed by atoms with Crippen LogP contribution in [0.3, 0.4) is 0 Å². The van der Waals surface area contributed by atoms with Crippen LogP contribution in [-0.2, 0) is 4.79 Å². The molecule has 170 valence electrons. The van der Waals surface area contributed by atoms with E-state index in [1.54, 1.807) is 42.5 Å². The molecular formula is C23H17FN6O4. The fourth-order valence-electron chi connectivity index (χ4n) is 3.30. The summed E-state index contributed by atoms with van der Waals surface area (Å²) in [7, 11) is 0. The number of tetrazole rings is 1. The molecule has 0 bridgehead atoms. The van der Waals surface area contributed by atoms with Gasteiger partial charge in [0.2, 0.25) is 5.91 Å². The van der Waals surface area contributed by atoms with E-state index in [1.165, 1.54) is 24.3 Å². The molecule has 0 spiro atoms. The SMILES string of the molecule is O=C(O)Nc1ccc(-c2ccccc2F)cc1NC(=O)CC(=O)c1cccc(-c2nnn[nH]2)c1. The van der Waals surface area contributed by atoms with Gasteiger partial charge in [0.1, 0.15) is 5.82 Å². The number of nitrogens with zero attached hydrogens (tertiary/aromatic N) is 3. The molecule has 0 saturated carbocycles. The molecule has 0 aliphatic heterocycles. The van der Waals surface area contributed by atoms with E-state index in [2.05, 4.69) is 31.3 Å². The topological polar surface area (TPSA) is 150 Å². The first-order chi connectivity index (χ1) is 16.4. The number of H-pyrrole nitrogens is 1. The highest BCUT2D eigenvalue weighted by Gasteiger charge is 2.17. The number of rotatable bonds is 7. The second kappa shape index (κ2) is 9.69. The number of aromatic amines is 1. The van der Waals surface area contributed by atoms with Crippen LogP contribution in [0.2, 0.25) is 0 Å². The lowest BCUT2D eigenvalue weighted by molar-refractivity contribution is -0.115. The lowest BCUT2D eigenvalue weighted by atomic mass is 10.0. The number of amides is 2. The smallest absolute Gasteiger partial charge is 0.409 e. The molecule has 0 saturated heterocycles. The Hall–Kier alpha value is -4.93. The molecule has 34 heavy (non-hydrogen) atoms. The first kappa shape index (κ1) is 22.3. The third kappa shape index (κ3) is 5.10. The highest BCUT2D eigenvalue weighted by Crippen LogP contribution is 2.31. The number of Topliss-reactive ketones (excluding diaryl/α,β-unsaturated/α-hetero) is 1. The molecule has 0 aliphatic carbocycles. The molecule has 4 rings (SSSR count). The summed E-state index contributed by atoms with van der Waals surface area (Å²) < 4.78 is 14.2. The molecule has 4 N–H and O–H groups in total. The molecule has 2 amide bonds. The molecule has 1 aromatic heterocycles. The summed E-state index contributed by atoms with van der Waals surface area (Å²) in [5.41, 5.74) is 1.70. The van der Waals surface area contributed by atoms with Gasteiger partial charge >= 0.3 is 6.09 Å². The highest BCUT2D eigenvalue weighted by molar-refractivity contribution is 6.12. The first-order valence-electron chi connectivity index (χ1n) is 9.97. The third-order valence-electron chi connectivity index (χ3n) is 4.84. The number of aromatic nitrogens is 4. The molecule has 1 heterocycles. The summed E-state index contributed by atoms with van der Waals surface area (Å²) in [5, 5.41) is 27.2. The molecular weight excluding hydrogens is 443 g/mol. The maximum atomic E-state index is 14.2. The number of carboxylic acid groups (broad SMARTS) is 1. The Morgan fingerprint density at radius 2 is 1.74 bits per heavy atom. The Labute approximate surface area is 191 Å². The lowest BCUT2D eigenvalue weighted by Gasteiger charge is -2.13. The summed E-state index contributed by atoms with van der Waals surface area (Å²) in [6.07, 6.45) is -1.85. The van der Waals surface area contributed by atoms with Crippen molar-refractivity contribution in [2.75, 3.05) is 10.6 Å². The Morgan fingerprint density at radius 1 is 0.912 bits per heavy atom.